The maximum absolute atomic E-state index is 4.17. The fourth-order valence-electron chi connectivity index (χ4n) is 1.67. The zero-order valence-corrected chi connectivity index (χ0v) is 8.44. The van der Waals surface area contributed by atoms with Crippen molar-refractivity contribution >= 4 is 16.5 Å². The highest BCUT2D eigenvalue weighted by Gasteiger charge is 2.12. The van der Waals surface area contributed by atoms with Gasteiger partial charge in [0.1, 0.15) is 0 Å². The summed E-state index contributed by atoms with van der Waals surface area (Å²) in [7, 11) is 0. The SMILES string of the molecule is c1csc(NCC[C@@H]2CCCN2)n1. The molecule has 1 atom stereocenters. The second-order valence-corrected chi connectivity index (χ2v) is 4.24. The van der Waals surface area contributed by atoms with Gasteiger partial charge in [0.25, 0.3) is 0 Å². The zero-order chi connectivity index (χ0) is 8.93. The fraction of sp³-hybridized carbons (Fsp3) is 0.667. The molecular formula is C9H15N3S. The van der Waals surface area contributed by atoms with Crippen LogP contribution in [0.25, 0.3) is 0 Å². The lowest BCUT2D eigenvalue weighted by molar-refractivity contribution is 0.574. The van der Waals surface area contributed by atoms with Crippen LogP contribution in [0, 0.1) is 0 Å². The summed E-state index contributed by atoms with van der Waals surface area (Å²) in [6, 6.07) is 0.729. The minimum absolute atomic E-state index is 0.729. The van der Waals surface area contributed by atoms with E-state index in [4.69, 9.17) is 0 Å². The van der Waals surface area contributed by atoms with Crippen LogP contribution in [0.1, 0.15) is 19.3 Å². The van der Waals surface area contributed by atoms with Gasteiger partial charge in [-0.3, -0.25) is 0 Å². The number of thiazole rings is 1. The summed E-state index contributed by atoms with van der Waals surface area (Å²) >= 11 is 1.66. The molecule has 1 saturated heterocycles. The van der Waals surface area contributed by atoms with Crippen LogP contribution >= 0.6 is 11.3 Å². The number of anilines is 1. The molecule has 0 aromatic carbocycles. The van der Waals surface area contributed by atoms with E-state index in [0.29, 0.717) is 0 Å². The van der Waals surface area contributed by atoms with Crippen molar-refractivity contribution in [1.29, 1.82) is 0 Å². The third kappa shape index (κ3) is 2.67. The predicted molar refractivity (Wildman–Crippen MR) is 56.2 cm³/mol. The van der Waals surface area contributed by atoms with E-state index in [1.807, 2.05) is 11.6 Å². The molecule has 0 bridgehead atoms. The highest BCUT2D eigenvalue weighted by Crippen LogP contribution is 2.12. The third-order valence-electron chi connectivity index (χ3n) is 2.36. The Balaban J connectivity index is 1.63. The molecule has 0 spiro atoms. The fourth-order valence-corrected chi connectivity index (χ4v) is 2.22. The van der Waals surface area contributed by atoms with Gasteiger partial charge in [-0.2, -0.15) is 0 Å². The van der Waals surface area contributed by atoms with Crippen molar-refractivity contribution in [3.05, 3.63) is 11.6 Å². The average molecular weight is 197 g/mol. The monoisotopic (exact) mass is 197 g/mol. The van der Waals surface area contributed by atoms with E-state index >= 15 is 0 Å². The van der Waals surface area contributed by atoms with E-state index in [9.17, 15) is 0 Å². The smallest absolute Gasteiger partial charge is 0.182 e. The van der Waals surface area contributed by atoms with Crippen LogP contribution in [0.2, 0.25) is 0 Å². The summed E-state index contributed by atoms with van der Waals surface area (Å²) in [5.74, 6) is 0. The second-order valence-electron chi connectivity index (χ2n) is 3.35. The van der Waals surface area contributed by atoms with Crippen molar-refractivity contribution in [2.75, 3.05) is 18.4 Å². The molecule has 3 nitrogen and oxygen atoms in total. The molecule has 1 aliphatic heterocycles. The van der Waals surface area contributed by atoms with E-state index in [1.165, 1.54) is 25.8 Å². The van der Waals surface area contributed by atoms with Gasteiger partial charge >= 0.3 is 0 Å². The first-order chi connectivity index (χ1) is 6.45. The quantitative estimate of drug-likeness (QED) is 0.771. The Bertz CT molecular complexity index is 229. The molecule has 0 aliphatic carbocycles. The first-order valence-corrected chi connectivity index (χ1v) is 5.70. The summed E-state index contributed by atoms with van der Waals surface area (Å²) in [5.41, 5.74) is 0. The van der Waals surface area contributed by atoms with Gasteiger partial charge in [0.2, 0.25) is 0 Å². The van der Waals surface area contributed by atoms with Gasteiger partial charge in [-0.15, -0.1) is 11.3 Å². The Labute approximate surface area is 82.6 Å². The topological polar surface area (TPSA) is 37.0 Å². The highest BCUT2D eigenvalue weighted by atomic mass is 32.1. The van der Waals surface area contributed by atoms with Crippen LogP contribution in [-0.2, 0) is 0 Å². The average Bonchev–Trinajstić information content (AvgIpc) is 2.75. The zero-order valence-electron chi connectivity index (χ0n) is 7.62. The summed E-state index contributed by atoms with van der Waals surface area (Å²) in [5, 5.41) is 9.83. The van der Waals surface area contributed by atoms with Crippen molar-refractivity contribution in [3.8, 4) is 0 Å². The maximum Gasteiger partial charge on any atom is 0.182 e. The maximum atomic E-state index is 4.17. The molecule has 1 aromatic heterocycles. The largest absolute Gasteiger partial charge is 0.361 e. The van der Waals surface area contributed by atoms with Crippen LogP contribution in [0.4, 0.5) is 5.13 Å². The summed E-state index contributed by atoms with van der Waals surface area (Å²) in [6.07, 6.45) is 5.71. The van der Waals surface area contributed by atoms with Crippen LogP contribution in [0.3, 0.4) is 0 Å². The van der Waals surface area contributed by atoms with E-state index in [0.717, 1.165) is 17.7 Å². The summed E-state index contributed by atoms with van der Waals surface area (Å²) in [6.45, 7) is 2.23. The van der Waals surface area contributed by atoms with Crippen molar-refractivity contribution in [1.82, 2.24) is 10.3 Å². The summed E-state index contributed by atoms with van der Waals surface area (Å²) in [4.78, 5) is 4.17. The number of nitrogens with zero attached hydrogens (tertiary/aromatic N) is 1. The Hall–Kier alpha value is -0.610. The van der Waals surface area contributed by atoms with Gasteiger partial charge in [-0.05, 0) is 25.8 Å². The molecule has 0 saturated carbocycles. The highest BCUT2D eigenvalue weighted by molar-refractivity contribution is 7.13. The van der Waals surface area contributed by atoms with Crippen molar-refractivity contribution < 1.29 is 0 Å². The standard InChI is InChI=1S/C9H15N3S/c1-2-8(10-4-1)3-5-11-9-12-6-7-13-9/h6-8,10H,1-5H2,(H,11,12)/t8-/m0/s1. The van der Waals surface area contributed by atoms with Gasteiger partial charge in [0.15, 0.2) is 5.13 Å². The Kier molecular flexibility index (Phi) is 3.16. The molecule has 1 aromatic rings. The lowest BCUT2D eigenvalue weighted by atomic mass is 10.2. The van der Waals surface area contributed by atoms with Crippen molar-refractivity contribution in [2.45, 2.75) is 25.3 Å². The lowest BCUT2D eigenvalue weighted by Gasteiger charge is -2.09. The summed E-state index contributed by atoms with van der Waals surface area (Å²) < 4.78 is 0. The first kappa shape index (κ1) is 8.97. The molecule has 0 radical (unpaired) electrons. The normalized spacial score (nSPS) is 22.0. The number of hydrogen-bond acceptors (Lipinski definition) is 4. The number of rotatable bonds is 4. The van der Waals surface area contributed by atoms with E-state index < -0.39 is 0 Å². The lowest BCUT2D eigenvalue weighted by Crippen LogP contribution is -2.23. The minimum atomic E-state index is 0.729. The minimum Gasteiger partial charge on any atom is -0.361 e. The Morgan fingerprint density at radius 2 is 2.69 bits per heavy atom. The van der Waals surface area contributed by atoms with Gasteiger partial charge in [0.05, 0.1) is 0 Å². The predicted octanol–water partition coefficient (Wildman–Crippen LogP) is 1.70. The van der Waals surface area contributed by atoms with Gasteiger partial charge < -0.3 is 10.6 Å². The van der Waals surface area contributed by atoms with Crippen molar-refractivity contribution in [2.24, 2.45) is 0 Å². The van der Waals surface area contributed by atoms with Gasteiger partial charge in [0, 0.05) is 24.2 Å². The molecule has 0 amide bonds. The molecule has 13 heavy (non-hydrogen) atoms. The number of nitrogens with one attached hydrogen (secondary N) is 2. The van der Waals surface area contributed by atoms with Crippen molar-refractivity contribution in [3.63, 3.8) is 0 Å². The van der Waals surface area contributed by atoms with Gasteiger partial charge in [-0.1, -0.05) is 0 Å². The van der Waals surface area contributed by atoms with Crippen LogP contribution in [0.5, 0.6) is 0 Å². The molecular weight excluding hydrogens is 182 g/mol. The Morgan fingerprint density at radius 3 is 3.38 bits per heavy atom. The van der Waals surface area contributed by atoms with Crippen LogP contribution in [-0.4, -0.2) is 24.1 Å². The third-order valence-corrected chi connectivity index (χ3v) is 3.09. The first-order valence-electron chi connectivity index (χ1n) is 4.82. The van der Waals surface area contributed by atoms with Crippen LogP contribution in [0.15, 0.2) is 11.6 Å². The molecule has 4 heteroatoms. The van der Waals surface area contributed by atoms with E-state index in [1.54, 1.807) is 11.3 Å². The molecule has 72 valence electrons. The molecule has 0 unspecified atom stereocenters. The van der Waals surface area contributed by atoms with E-state index in [-0.39, 0.29) is 0 Å². The van der Waals surface area contributed by atoms with Gasteiger partial charge in [-0.25, -0.2) is 4.98 Å². The second kappa shape index (κ2) is 4.58. The van der Waals surface area contributed by atoms with Crippen LogP contribution < -0.4 is 10.6 Å². The molecule has 2 rings (SSSR count). The number of aromatic nitrogens is 1. The molecule has 2 N–H and O–H groups in total. The molecule has 2 heterocycles. The molecule has 1 fully saturated rings. The number of hydrogen-bond donors (Lipinski definition) is 2. The van der Waals surface area contributed by atoms with E-state index in [2.05, 4.69) is 15.6 Å². The molecule has 1 aliphatic rings. The Morgan fingerprint density at radius 1 is 1.69 bits per heavy atom.